The lowest BCUT2D eigenvalue weighted by Crippen LogP contribution is -2.40. The van der Waals surface area contributed by atoms with Gasteiger partial charge in [-0.15, -0.1) is 30.6 Å². The van der Waals surface area contributed by atoms with Crippen LogP contribution in [0, 0.1) is 0 Å². The molecule has 1 aromatic rings. The molecule has 1 aliphatic carbocycles. The van der Waals surface area contributed by atoms with Gasteiger partial charge in [0, 0.05) is 32.6 Å². The molecule has 0 saturated heterocycles. The number of aliphatic imine (C=N–C) groups is 1. The van der Waals surface area contributed by atoms with Crippen molar-refractivity contribution in [2.45, 2.75) is 32.1 Å². The van der Waals surface area contributed by atoms with E-state index in [2.05, 4.69) is 55.0 Å². The number of allylic oxidation sites excluding steroid dienone is 1. The zero-order chi connectivity index (χ0) is 15.1. The van der Waals surface area contributed by atoms with Crippen LogP contribution in [-0.2, 0) is 6.42 Å². The summed E-state index contributed by atoms with van der Waals surface area (Å²) in [7, 11) is 2.11. The molecule has 122 valence electrons. The molecule has 3 nitrogen and oxygen atoms in total. The summed E-state index contributed by atoms with van der Waals surface area (Å²) in [5, 5.41) is 3.39. The number of guanidine groups is 1. The Morgan fingerprint density at radius 1 is 1.45 bits per heavy atom. The van der Waals surface area contributed by atoms with E-state index in [1.54, 1.807) is 0 Å². The van der Waals surface area contributed by atoms with E-state index < -0.39 is 0 Å². The van der Waals surface area contributed by atoms with E-state index in [1.807, 2.05) is 6.08 Å². The lowest BCUT2D eigenvalue weighted by Gasteiger charge is -2.29. The van der Waals surface area contributed by atoms with Crippen molar-refractivity contribution in [3.8, 4) is 0 Å². The first-order valence-corrected chi connectivity index (χ1v) is 7.94. The minimum Gasteiger partial charge on any atom is -0.357 e. The van der Waals surface area contributed by atoms with Gasteiger partial charge < -0.3 is 10.2 Å². The number of halogens is 1. The molecule has 4 heteroatoms. The molecule has 1 aliphatic rings. The first-order valence-electron chi connectivity index (χ1n) is 7.94. The Hall–Kier alpha value is -1.04. The van der Waals surface area contributed by atoms with Crippen molar-refractivity contribution in [1.82, 2.24) is 10.2 Å². The predicted molar refractivity (Wildman–Crippen MR) is 106 cm³/mol. The summed E-state index contributed by atoms with van der Waals surface area (Å²) >= 11 is 0. The van der Waals surface area contributed by atoms with Crippen molar-refractivity contribution in [2.24, 2.45) is 4.99 Å². The quantitative estimate of drug-likeness (QED) is 0.242. The highest BCUT2D eigenvalue weighted by Crippen LogP contribution is 2.34. The van der Waals surface area contributed by atoms with Crippen molar-refractivity contribution in [1.29, 1.82) is 0 Å². The summed E-state index contributed by atoms with van der Waals surface area (Å²) in [5.74, 6) is 1.61. The van der Waals surface area contributed by atoms with E-state index in [4.69, 9.17) is 4.99 Å². The van der Waals surface area contributed by atoms with E-state index in [0.717, 1.165) is 38.4 Å². The fourth-order valence-electron chi connectivity index (χ4n) is 2.77. The van der Waals surface area contributed by atoms with Crippen molar-refractivity contribution < 1.29 is 0 Å². The Balaban J connectivity index is 0.00000242. The maximum Gasteiger partial charge on any atom is 0.193 e. The molecule has 0 aromatic heterocycles. The SMILES string of the molecule is C=CCCCN(C)C(=NCC1Cc2ccccc21)NCC.I. The fraction of sp³-hybridized carbons (Fsp3) is 0.500. The van der Waals surface area contributed by atoms with Crippen LogP contribution in [0.1, 0.15) is 36.8 Å². The van der Waals surface area contributed by atoms with E-state index >= 15 is 0 Å². The third-order valence-electron chi connectivity index (χ3n) is 4.02. The largest absolute Gasteiger partial charge is 0.357 e. The van der Waals surface area contributed by atoms with Gasteiger partial charge in [-0.1, -0.05) is 30.3 Å². The molecule has 0 spiro atoms. The Labute approximate surface area is 151 Å². The molecule has 0 fully saturated rings. The summed E-state index contributed by atoms with van der Waals surface area (Å²) in [6.07, 6.45) is 5.32. The first-order chi connectivity index (χ1) is 10.3. The third-order valence-corrected chi connectivity index (χ3v) is 4.02. The standard InChI is InChI=1S/C18H27N3.HI/c1-4-6-9-12-21(3)18(19-5-2)20-14-16-13-15-10-7-8-11-17(15)16;/h4,7-8,10-11,16H,1,5-6,9,12-14H2,2-3H3,(H,19,20);1H. The van der Waals surface area contributed by atoms with Gasteiger partial charge in [-0.3, -0.25) is 4.99 Å². The van der Waals surface area contributed by atoms with Crippen molar-refractivity contribution in [3.05, 3.63) is 48.0 Å². The molecule has 1 aromatic carbocycles. The molecule has 0 bridgehead atoms. The zero-order valence-electron chi connectivity index (χ0n) is 13.7. The number of fused-ring (bicyclic) bond motifs is 1. The van der Waals surface area contributed by atoms with Crippen LogP contribution in [0.5, 0.6) is 0 Å². The average Bonchev–Trinajstić information content (AvgIpc) is 2.47. The number of nitrogens with zero attached hydrogens (tertiary/aromatic N) is 2. The minimum atomic E-state index is 0. The maximum atomic E-state index is 4.82. The second-order valence-electron chi connectivity index (χ2n) is 5.65. The van der Waals surface area contributed by atoms with Crippen LogP contribution >= 0.6 is 24.0 Å². The molecular weight excluding hydrogens is 385 g/mol. The van der Waals surface area contributed by atoms with Crippen molar-refractivity contribution in [3.63, 3.8) is 0 Å². The van der Waals surface area contributed by atoms with Gasteiger partial charge in [0.05, 0.1) is 0 Å². The fourth-order valence-corrected chi connectivity index (χ4v) is 2.77. The summed E-state index contributed by atoms with van der Waals surface area (Å²) in [4.78, 5) is 7.04. The third kappa shape index (κ3) is 5.00. The Morgan fingerprint density at radius 3 is 2.91 bits per heavy atom. The number of hydrogen-bond donors (Lipinski definition) is 1. The van der Waals surface area contributed by atoms with Crippen LogP contribution in [0.2, 0.25) is 0 Å². The van der Waals surface area contributed by atoms with E-state index in [0.29, 0.717) is 5.92 Å². The highest BCUT2D eigenvalue weighted by Gasteiger charge is 2.25. The predicted octanol–water partition coefficient (Wildman–Crippen LogP) is 3.81. The molecule has 1 unspecified atom stereocenters. The smallest absolute Gasteiger partial charge is 0.193 e. The Morgan fingerprint density at radius 2 is 2.23 bits per heavy atom. The van der Waals surface area contributed by atoms with Crippen molar-refractivity contribution in [2.75, 3.05) is 26.7 Å². The van der Waals surface area contributed by atoms with Crippen LogP contribution < -0.4 is 5.32 Å². The molecule has 0 amide bonds. The van der Waals surface area contributed by atoms with Crippen LogP contribution in [0.15, 0.2) is 41.9 Å². The van der Waals surface area contributed by atoms with Crippen LogP contribution in [0.25, 0.3) is 0 Å². The van der Waals surface area contributed by atoms with Crippen LogP contribution in [0.3, 0.4) is 0 Å². The number of unbranched alkanes of at least 4 members (excludes halogenated alkanes) is 1. The normalized spacial score (nSPS) is 16.1. The Bertz CT molecular complexity index is 499. The maximum absolute atomic E-state index is 4.82. The van der Waals surface area contributed by atoms with Crippen LogP contribution in [-0.4, -0.2) is 37.5 Å². The van der Waals surface area contributed by atoms with E-state index in [1.165, 1.54) is 17.5 Å². The van der Waals surface area contributed by atoms with Gasteiger partial charge in [-0.05, 0) is 37.3 Å². The lowest BCUT2D eigenvalue weighted by atomic mass is 9.78. The molecular formula is C18H28IN3. The summed E-state index contributed by atoms with van der Waals surface area (Å²) in [5.41, 5.74) is 2.97. The molecule has 2 rings (SSSR count). The topological polar surface area (TPSA) is 27.6 Å². The van der Waals surface area contributed by atoms with Crippen molar-refractivity contribution >= 4 is 29.9 Å². The zero-order valence-corrected chi connectivity index (χ0v) is 16.0. The molecule has 0 radical (unpaired) electrons. The first kappa shape index (κ1) is 19.0. The summed E-state index contributed by atoms with van der Waals surface area (Å²) in [6, 6.07) is 8.71. The van der Waals surface area contributed by atoms with E-state index in [9.17, 15) is 0 Å². The van der Waals surface area contributed by atoms with Gasteiger partial charge >= 0.3 is 0 Å². The van der Waals surface area contributed by atoms with Crippen LogP contribution in [0.4, 0.5) is 0 Å². The molecule has 1 atom stereocenters. The number of benzene rings is 1. The molecule has 0 aliphatic heterocycles. The van der Waals surface area contributed by atoms with Gasteiger partial charge in [0.25, 0.3) is 0 Å². The van der Waals surface area contributed by atoms with Gasteiger partial charge in [0.2, 0.25) is 0 Å². The summed E-state index contributed by atoms with van der Waals surface area (Å²) < 4.78 is 0. The van der Waals surface area contributed by atoms with E-state index in [-0.39, 0.29) is 24.0 Å². The molecule has 0 saturated carbocycles. The second-order valence-corrected chi connectivity index (χ2v) is 5.65. The molecule has 1 N–H and O–H groups in total. The summed E-state index contributed by atoms with van der Waals surface area (Å²) in [6.45, 7) is 8.69. The number of hydrogen-bond acceptors (Lipinski definition) is 1. The monoisotopic (exact) mass is 413 g/mol. The van der Waals surface area contributed by atoms with Gasteiger partial charge in [-0.2, -0.15) is 0 Å². The average molecular weight is 413 g/mol. The Kier molecular flexibility index (Phi) is 8.53. The van der Waals surface area contributed by atoms with Gasteiger partial charge in [0.1, 0.15) is 0 Å². The number of rotatable bonds is 7. The minimum absolute atomic E-state index is 0. The second kappa shape index (κ2) is 9.87. The van der Waals surface area contributed by atoms with Gasteiger partial charge in [0.15, 0.2) is 5.96 Å². The number of nitrogens with one attached hydrogen (secondary N) is 1. The lowest BCUT2D eigenvalue weighted by molar-refractivity contribution is 0.467. The van der Waals surface area contributed by atoms with Gasteiger partial charge in [-0.25, -0.2) is 0 Å². The molecule has 22 heavy (non-hydrogen) atoms. The molecule has 0 heterocycles. The highest BCUT2D eigenvalue weighted by atomic mass is 127. The highest BCUT2D eigenvalue weighted by molar-refractivity contribution is 14.0.